The van der Waals surface area contributed by atoms with Crippen molar-refractivity contribution in [2.45, 2.75) is 51.2 Å². The molecular weight excluding hydrogens is 324 g/mol. The van der Waals surface area contributed by atoms with E-state index < -0.39 is 15.3 Å². The molecule has 2 atom stereocenters. The number of unbranched alkanes of at least 4 members (excludes halogenated alkanes) is 1. The van der Waals surface area contributed by atoms with Gasteiger partial charge in [0.15, 0.2) is 0 Å². The highest BCUT2D eigenvalue weighted by atomic mass is 32.2. The van der Waals surface area contributed by atoms with E-state index in [0.717, 1.165) is 22.7 Å². The lowest BCUT2D eigenvalue weighted by molar-refractivity contribution is -0.129. The molecule has 3 rings (SSSR count). The first-order valence-corrected chi connectivity index (χ1v) is 10.0. The molecular formula is C18H24N2O3S. The van der Waals surface area contributed by atoms with Crippen molar-refractivity contribution >= 4 is 15.9 Å². The molecule has 1 aliphatic carbocycles. The van der Waals surface area contributed by atoms with Crippen molar-refractivity contribution in [3.8, 4) is 0 Å². The minimum atomic E-state index is -3.50. The number of amides is 1. The van der Waals surface area contributed by atoms with Gasteiger partial charge in [0.05, 0.1) is 11.2 Å². The van der Waals surface area contributed by atoms with Gasteiger partial charge in [0.25, 0.3) is 0 Å². The second-order valence-corrected chi connectivity index (χ2v) is 8.96. The summed E-state index contributed by atoms with van der Waals surface area (Å²) in [6.07, 6.45) is 7.02. The van der Waals surface area contributed by atoms with Crippen LogP contribution in [0, 0.1) is 5.92 Å². The van der Waals surface area contributed by atoms with Crippen molar-refractivity contribution in [2.24, 2.45) is 5.92 Å². The summed E-state index contributed by atoms with van der Waals surface area (Å²) in [5, 5.41) is -0.547. The molecule has 2 aliphatic rings. The Hall–Kier alpha value is -1.69. The molecule has 0 saturated carbocycles. The Morgan fingerprint density at radius 1 is 1.12 bits per heavy atom. The molecule has 1 aromatic heterocycles. The molecule has 1 amide bonds. The summed E-state index contributed by atoms with van der Waals surface area (Å²) in [6.45, 7) is 4.28. The molecule has 1 aliphatic heterocycles. The summed E-state index contributed by atoms with van der Waals surface area (Å²) in [7, 11) is -3.50. The number of fused-ring (bicyclic) bond motifs is 1. The molecule has 24 heavy (non-hydrogen) atoms. The molecule has 0 spiro atoms. The quantitative estimate of drug-likeness (QED) is 0.606. The largest absolute Gasteiger partial charge is 0.273 e. The molecule has 0 bridgehead atoms. The Morgan fingerprint density at radius 2 is 1.79 bits per heavy atom. The lowest BCUT2D eigenvalue weighted by atomic mass is 9.84. The van der Waals surface area contributed by atoms with E-state index in [-0.39, 0.29) is 11.8 Å². The third-order valence-electron chi connectivity index (χ3n) is 5.29. The molecule has 1 saturated heterocycles. The third-order valence-corrected chi connectivity index (χ3v) is 7.53. The smallest absolute Gasteiger partial charge is 0.241 e. The summed E-state index contributed by atoms with van der Waals surface area (Å²) >= 11 is 0. The first kappa shape index (κ1) is 17.1. The van der Waals surface area contributed by atoms with Crippen LogP contribution >= 0.6 is 0 Å². The van der Waals surface area contributed by atoms with Crippen LogP contribution in [0.25, 0.3) is 0 Å². The van der Waals surface area contributed by atoms with Gasteiger partial charge in [-0.15, -0.1) is 0 Å². The van der Waals surface area contributed by atoms with E-state index in [1.165, 1.54) is 11.1 Å². The Morgan fingerprint density at radius 3 is 2.50 bits per heavy atom. The first-order valence-electron chi connectivity index (χ1n) is 8.51. The Bertz CT molecular complexity index is 756. The fourth-order valence-electron chi connectivity index (χ4n) is 3.66. The van der Waals surface area contributed by atoms with Crippen molar-refractivity contribution in [1.82, 2.24) is 9.29 Å². The van der Waals surface area contributed by atoms with Gasteiger partial charge in [-0.3, -0.25) is 9.78 Å². The van der Waals surface area contributed by atoms with Crippen molar-refractivity contribution in [3.63, 3.8) is 0 Å². The van der Waals surface area contributed by atoms with Crippen molar-refractivity contribution in [1.29, 1.82) is 0 Å². The summed E-state index contributed by atoms with van der Waals surface area (Å²) in [6, 6.07) is 3.92. The molecule has 1 aromatic rings. The average Bonchev–Trinajstić information content (AvgIpc) is 2.73. The fourth-order valence-corrected chi connectivity index (χ4v) is 5.84. The molecule has 0 radical (unpaired) electrons. The number of nitrogens with zero attached hydrogens (tertiary/aromatic N) is 2. The topological polar surface area (TPSA) is 67.3 Å². The Labute approximate surface area is 143 Å². The van der Waals surface area contributed by atoms with Crippen LogP contribution in [0.2, 0.25) is 0 Å². The number of hydrogen-bond acceptors (Lipinski definition) is 4. The molecule has 130 valence electrons. The second kappa shape index (κ2) is 6.67. The average molecular weight is 348 g/mol. The number of sulfonamides is 1. The van der Waals surface area contributed by atoms with Gasteiger partial charge in [-0.2, -0.15) is 0 Å². The molecule has 1 fully saturated rings. The van der Waals surface area contributed by atoms with Crippen LogP contribution in [-0.4, -0.2) is 35.4 Å². The van der Waals surface area contributed by atoms with Gasteiger partial charge in [-0.1, -0.05) is 11.1 Å². The summed E-state index contributed by atoms with van der Waals surface area (Å²) in [5.41, 5.74) is 3.47. The van der Waals surface area contributed by atoms with E-state index in [9.17, 15) is 13.2 Å². The summed E-state index contributed by atoms with van der Waals surface area (Å²) in [4.78, 5) is 16.6. The van der Waals surface area contributed by atoms with Crippen LogP contribution in [0.15, 0.2) is 35.7 Å². The van der Waals surface area contributed by atoms with Gasteiger partial charge in [-0.25, -0.2) is 12.7 Å². The highest BCUT2D eigenvalue weighted by Crippen LogP contribution is 2.41. The zero-order valence-corrected chi connectivity index (χ0v) is 15.1. The van der Waals surface area contributed by atoms with Gasteiger partial charge in [0.2, 0.25) is 15.9 Å². The Kier molecular flexibility index (Phi) is 4.76. The maximum absolute atomic E-state index is 12.7. The van der Waals surface area contributed by atoms with Crippen LogP contribution in [0.4, 0.5) is 0 Å². The number of aromatic nitrogens is 1. The number of hydrogen-bond donors (Lipinski definition) is 0. The van der Waals surface area contributed by atoms with E-state index in [4.69, 9.17) is 0 Å². The van der Waals surface area contributed by atoms with Crippen LogP contribution in [0.3, 0.4) is 0 Å². The van der Waals surface area contributed by atoms with Crippen LogP contribution in [0.1, 0.15) is 45.1 Å². The first-order chi connectivity index (χ1) is 11.4. The second-order valence-electron chi connectivity index (χ2n) is 6.88. The van der Waals surface area contributed by atoms with Crippen molar-refractivity contribution in [2.75, 3.05) is 6.54 Å². The van der Waals surface area contributed by atoms with E-state index in [1.807, 2.05) is 26.0 Å². The monoisotopic (exact) mass is 348 g/mol. The number of aryl methyl sites for hydroxylation is 1. The molecule has 5 nitrogen and oxygen atoms in total. The highest BCUT2D eigenvalue weighted by Gasteiger charge is 2.53. The molecule has 2 unspecified atom stereocenters. The summed E-state index contributed by atoms with van der Waals surface area (Å²) < 4.78 is 26.6. The van der Waals surface area contributed by atoms with E-state index in [2.05, 4.69) is 4.98 Å². The molecule has 6 heteroatoms. The van der Waals surface area contributed by atoms with Gasteiger partial charge in [-0.05, 0) is 63.6 Å². The predicted octanol–water partition coefficient (Wildman–Crippen LogP) is 2.69. The Balaban J connectivity index is 1.62. The molecule has 0 N–H and O–H groups in total. The maximum atomic E-state index is 12.7. The predicted molar refractivity (Wildman–Crippen MR) is 92.7 cm³/mol. The van der Waals surface area contributed by atoms with Crippen molar-refractivity contribution < 1.29 is 13.2 Å². The fraction of sp³-hybridized carbons (Fsp3) is 0.556. The van der Waals surface area contributed by atoms with Gasteiger partial charge < -0.3 is 0 Å². The number of rotatable bonds is 5. The zero-order valence-electron chi connectivity index (χ0n) is 14.2. The SMILES string of the molecule is CC1=C(C)CC2C(C1)C(=O)N(CCCCc1ccncc1)S2(=O)=O. The number of allylic oxidation sites excluding steroid dienone is 2. The van der Waals surface area contributed by atoms with Gasteiger partial charge in [0, 0.05) is 18.9 Å². The number of pyridine rings is 1. The minimum absolute atomic E-state index is 0.198. The minimum Gasteiger partial charge on any atom is -0.273 e. The molecule has 0 aromatic carbocycles. The molecule has 2 heterocycles. The number of carbonyl (C=O) groups excluding carboxylic acids is 1. The lowest BCUT2D eigenvalue weighted by Gasteiger charge is -2.23. The number of carbonyl (C=O) groups is 1. The van der Waals surface area contributed by atoms with Crippen LogP contribution < -0.4 is 0 Å². The third kappa shape index (κ3) is 3.11. The lowest BCUT2D eigenvalue weighted by Crippen LogP contribution is -2.33. The maximum Gasteiger partial charge on any atom is 0.241 e. The van der Waals surface area contributed by atoms with Crippen LogP contribution in [0.5, 0.6) is 0 Å². The van der Waals surface area contributed by atoms with Gasteiger partial charge >= 0.3 is 0 Å². The van der Waals surface area contributed by atoms with Crippen LogP contribution in [-0.2, 0) is 21.2 Å². The van der Waals surface area contributed by atoms with E-state index in [0.29, 0.717) is 25.8 Å². The van der Waals surface area contributed by atoms with E-state index >= 15 is 0 Å². The standard InChI is InChI=1S/C18H24N2O3S/c1-13-11-16-17(12-14(13)2)24(22,23)20(18(16)21)10-4-3-5-15-6-8-19-9-7-15/h6-9,16-17H,3-5,10-12H2,1-2H3. The van der Waals surface area contributed by atoms with E-state index in [1.54, 1.807) is 12.4 Å². The zero-order chi connectivity index (χ0) is 17.3. The normalized spacial score (nSPS) is 25.9. The van der Waals surface area contributed by atoms with Gasteiger partial charge in [0.1, 0.15) is 0 Å². The highest BCUT2D eigenvalue weighted by molar-refractivity contribution is 7.90. The van der Waals surface area contributed by atoms with Crippen molar-refractivity contribution in [3.05, 3.63) is 41.2 Å². The summed E-state index contributed by atoms with van der Waals surface area (Å²) in [5.74, 6) is -0.574.